The highest BCUT2D eigenvalue weighted by molar-refractivity contribution is 5.96. The van der Waals surface area contributed by atoms with E-state index in [1.807, 2.05) is 24.3 Å². The van der Waals surface area contributed by atoms with Crippen molar-refractivity contribution in [1.29, 1.82) is 0 Å². The Kier molecular flexibility index (Phi) is 5.75. The fourth-order valence-corrected chi connectivity index (χ4v) is 3.36. The van der Waals surface area contributed by atoms with Gasteiger partial charge in [0.2, 0.25) is 11.8 Å². The fraction of sp³-hybridized carbons (Fsp3) is 0.286. The second-order valence-corrected chi connectivity index (χ2v) is 7.12. The number of fused-ring (bicyclic) bond motifs is 1. The Balaban J connectivity index is 1.66. The number of amides is 3. The standard InChI is InChI=1S/C21H24N4O3/c1-24(2)21(28)14-7-9-17(10-8-14)23-19(26)13-25-12-16-6-4-3-5-15(16)11-18(25)20(22)27/h3-10,18H,11-13H2,1-2H3,(H2,22,27)(H,23,26). The number of nitrogens with two attached hydrogens (primary N) is 1. The van der Waals surface area contributed by atoms with Gasteiger partial charge in [-0.2, -0.15) is 0 Å². The van der Waals surface area contributed by atoms with Gasteiger partial charge >= 0.3 is 0 Å². The predicted octanol–water partition coefficient (Wildman–Crippen LogP) is 1.24. The van der Waals surface area contributed by atoms with Crippen LogP contribution in [0.25, 0.3) is 0 Å². The summed E-state index contributed by atoms with van der Waals surface area (Å²) in [6.45, 7) is 0.549. The van der Waals surface area contributed by atoms with Crippen molar-refractivity contribution in [3.05, 3.63) is 65.2 Å². The summed E-state index contributed by atoms with van der Waals surface area (Å²) in [6.07, 6.45) is 0.500. The second-order valence-electron chi connectivity index (χ2n) is 7.12. The van der Waals surface area contributed by atoms with Crippen LogP contribution in [0.3, 0.4) is 0 Å². The van der Waals surface area contributed by atoms with Gasteiger partial charge in [-0.1, -0.05) is 24.3 Å². The van der Waals surface area contributed by atoms with Crippen LogP contribution in [0.5, 0.6) is 0 Å². The summed E-state index contributed by atoms with van der Waals surface area (Å²) in [6, 6.07) is 14.1. The number of carbonyl (C=O) groups excluding carboxylic acids is 3. The maximum absolute atomic E-state index is 12.5. The molecule has 0 aliphatic carbocycles. The first kappa shape index (κ1) is 19.6. The van der Waals surface area contributed by atoms with E-state index in [-0.39, 0.29) is 18.4 Å². The van der Waals surface area contributed by atoms with Crippen molar-refractivity contribution in [2.75, 3.05) is 26.0 Å². The first-order valence-electron chi connectivity index (χ1n) is 9.07. The molecule has 1 aliphatic heterocycles. The summed E-state index contributed by atoms with van der Waals surface area (Å²) in [5, 5.41) is 2.81. The van der Waals surface area contributed by atoms with E-state index in [1.54, 1.807) is 43.3 Å². The highest BCUT2D eigenvalue weighted by Gasteiger charge is 2.31. The Hall–Kier alpha value is -3.19. The number of nitrogens with zero attached hydrogens (tertiary/aromatic N) is 2. The van der Waals surface area contributed by atoms with Gasteiger partial charge in [0.25, 0.3) is 5.91 Å². The van der Waals surface area contributed by atoms with Gasteiger partial charge in [0, 0.05) is 31.9 Å². The van der Waals surface area contributed by atoms with Gasteiger partial charge < -0.3 is 16.0 Å². The molecule has 3 N–H and O–H groups in total. The van der Waals surface area contributed by atoms with Crippen molar-refractivity contribution in [2.45, 2.75) is 19.0 Å². The van der Waals surface area contributed by atoms with Crippen LogP contribution in [0.2, 0.25) is 0 Å². The van der Waals surface area contributed by atoms with Gasteiger partial charge in [0.05, 0.1) is 12.6 Å². The Morgan fingerprint density at radius 2 is 1.71 bits per heavy atom. The lowest BCUT2D eigenvalue weighted by Gasteiger charge is -2.34. The summed E-state index contributed by atoms with van der Waals surface area (Å²) in [5.74, 6) is -0.777. The molecule has 0 bridgehead atoms. The molecule has 0 fully saturated rings. The van der Waals surface area contributed by atoms with Crippen LogP contribution in [0.15, 0.2) is 48.5 Å². The third-order valence-corrected chi connectivity index (χ3v) is 4.84. The molecule has 0 spiro atoms. The average Bonchev–Trinajstić information content (AvgIpc) is 2.67. The van der Waals surface area contributed by atoms with E-state index in [9.17, 15) is 14.4 Å². The van der Waals surface area contributed by atoms with E-state index in [1.165, 1.54) is 4.90 Å². The van der Waals surface area contributed by atoms with Crippen molar-refractivity contribution in [2.24, 2.45) is 5.73 Å². The van der Waals surface area contributed by atoms with Gasteiger partial charge in [-0.25, -0.2) is 0 Å². The van der Waals surface area contributed by atoms with E-state index in [4.69, 9.17) is 5.73 Å². The SMILES string of the molecule is CN(C)C(=O)c1ccc(NC(=O)CN2Cc3ccccc3CC2C(N)=O)cc1. The number of anilines is 1. The van der Waals surface area contributed by atoms with Gasteiger partial charge in [0.1, 0.15) is 0 Å². The lowest BCUT2D eigenvalue weighted by atomic mass is 9.93. The molecule has 28 heavy (non-hydrogen) atoms. The first-order valence-corrected chi connectivity index (χ1v) is 9.07. The molecule has 0 saturated carbocycles. The van der Waals surface area contributed by atoms with Crippen LogP contribution >= 0.6 is 0 Å². The zero-order valence-electron chi connectivity index (χ0n) is 16.0. The summed E-state index contributed by atoms with van der Waals surface area (Å²) in [5.41, 5.74) is 8.88. The molecule has 2 aromatic carbocycles. The smallest absolute Gasteiger partial charge is 0.253 e. The molecular formula is C21H24N4O3. The van der Waals surface area contributed by atoms with Crippen molar-refractivity contribution in [1.82, 2.24) is 9.80 Å². The van der Waals surface area contributed by atoms with E-state index in [0.717, 1.165) is 11.1 Å². The van der Waals surface area contributed by atoms with Gasteiger partial charge in [0.15, 0.2) is 0 Å². The monoisotopic (exact) mass is 380 g/mol. The maximum atomic E-state index is 12.5. The molecule has 3 amide bonds. The molecule has 7 nitrogen and oxygen atoms in total. The number of rotatable bonds is 5. The zero-order valence-corrected chi connectivity index (χ0v) is 16.0. The highest BCUT2D eigenvalue weighted by Crippen LogP contribution is 2.23. The van der Waals surface area contributed by atoms with Crippen molar-refractivity contribution >= 4 is 23.4 Å². The van der Waals surface area contributed by atoms with Gasteiger partial charge in [-0.3, -0.25) is 19.3 Å². The molecule has 7 heteroatoms. The Morgan fingerprint density at radius 3 is 2.32 bits per heavy atom. The van der Waals surface area contributed by atoms with Gasteiger partial charge in [-0.05, 0) is 41.8 Å². The Bertz CT molecular complexity index is 893. The molecule has 146 valence electrons. The van der Waals surface area contributed by atoms with E-state index in [2.05, 4.69) is 5.32 Å². The quantitative estimate of drug-likeness (QED) is 0.816. The normalized spacial score (nSPS) is 16.1. The average molecular weight is 380 g/mol. The minimum atomic E-state index is -0.513. The summed E-state index contributed by atoms with van der Waals surface area (Å²) < 4.78 is 0. The Morgan fingerprint density at radius 1 is 1.07 bits per heavy atom. The molecule has 1 aliphatic rings. The van der Waals surface area contributed by atoms with Gasteiger partial charge in [-0.15, -0.1) is 0 Å². The van der Waals surface area contributed by atoms with Crippen LogP contribution in [0.1, 0.15) is 21.5 Å². The third kappa shape index (κ3) is 4.37. The molecule has 0 saturated heterocycles. The molecule has 0 radical (unpaired) electrons. The topological polar surface area (TPSA) is 95.7 Å². The molecule has 1 heterocycles. The van der Waals surface area contributed by atoms with Crippen molar-refractivity contribution in [3.63, 3.8) is 0 Å². The lowest BCUT2D eigenvalue weighted by molar-refractivity contribution is -0.125. The van der Waals surface area contributed by atoms with Crippen LogP contribution in [-0.4, -0.2) is 54.2 Å². The van der Waals surface area contributed by atoms with Crippen LogP contribution < -0.4 is 11.1 Å². The zero-order chi connectivity index (χ0) is 20.3. The Labute approximate surface area is 164 Å². The van der Waals surface area contributed by atoms with Crippen molar-refractivity contribution in [3.8, 4) is 0 Å². The van der Waals surface area contributed by atoms with E-state index in [0.29, 0.717) is 24.2 Å². The molecule has 1 atom stereocenters. The number of primary amides is 1. The largest absolute Gasteiger partial charge is 0.368 e. The number of hydrogen-bond donors (Lipinski definition) is 2. The van der Waals surface area contributed by atoms with Crippen LogP contribution in [0, 0.1) is 0 Å². The summed E-state index contributed by atoms with van der Waals surface area (Å²) in [4.78, 5) is 39.6. The van der Waals surface area contributed by atoms with E-state index >= 15 is 0 Å². The number of nitrogens with one attached hydrogen (secondary N) is 1. The molecular weight excluding hydrogens is 356 g/mol. The predicted molar refractivity (Wildman–Crippen MR) is 107 cm³/mol. The number of carbonyl (C=O) groups is 3. The van der Waals surface area contributed by atoms with Crippen LogP contribution in [0.4, 0.5) is 5.69 Å². The first-order chi connectivity index (χ1) is 13.3. The minimum absolute atomic E-state index is 0.0559. The number of hydrogen-bond acceptors (Lipinski definition) is 4. The summed E-state index contributed by atoms with van der Waals surface area (Å²) >= 11 is 0. The fourth-order valence-electron chi connectivity index (χ4n) is 3.36. The van der Waals surface area contributed by atoms with Crippen LogP contribution in [-0.2, 0) is 22.6 Å². The minimum Gasteiger partial charge on any atom is -0.368 e. The molecule has 3 rings (SSSR count). The molecule has 2 aromatic rings. The molecule has 0 aromatic heterocycles. The summed E-state index contributed by atoms with van der Waals surface area (Å²) in [7, 11) is 3.37. The molecule has 1 unspecified atom stereocenters. The maximum Gasteiger partial charge on any atom is 0.253 e. The third-order valence-electron chi connectivity index (χ3n) is 4.84. The van der Waals surface area contributed by atoms with E-state index < -0.39 is 11.9 Å². The number of benzene rings is 2. The highest BCUT2D eigenvalue weighted by atomic mass is 16.2. The second kappa shape index (κ2) is 8.22. The lowest BCUT2D eigenvalue weighted by Crippen LogP contribution is -2.50. The van der Waals surface area contributed by atoms with Crippen molar-refractivity contribution < 1.29 is 14.4 Å².